The molecule has 30 heavy (non-hydrogen) atoms. The van der Waals surface area contributed by atoms with Crippen LogP contribution in [0.2, 0.25) is 0 Å². The van der Waals surface area contributed by atoms with Gasteiger partial charge in [-0.3, -0.25) is 4.79 Å². The van der Waals surface area contributed by atoms with Crippen molar-refractivity contribution in [1.82, 2.24) is 9.55 Å². The zero-order valence-electron chi connectivity index (χ0n) is 16.7. The Bertz CT molecular complexity index is 1220. The maximum absolute atomic E-state index is 12.8. The molecule has 1 N–H and O–H groups in total. The molecule has 0 aliphatic heterocycles. The molecule has 0 aliphatic rings. The summed E-state index contributed by atoms with van der Waals surface area (Å²) in [6.45, 7) is 2.80. The predicted octanol–water partition coefficient (Wildman–Crippen LogP) is 4.97. The number of imidazole rings is 1. The van der Waals surface area contributed by atoms with E-state index in [9.17, 15) is 14.7 Å². The summed E-state index contributed by atoms with van der Waals surface area (Å²) in [5.74, 6) is -0.348. The molecule has 4 aromatic rings. The van der Waals surface area contributed by atoms with Gasteiger partial charge in [0.25, 0.3) is 0 Å². The van der Waals surface area contributed by atoms with Crippen molar-refractivity contribution in [3.8, 4) is 0 Å². The highest BCUT2D eigenvalue weighted by atomic mass is 16.4. The minimum Gasteiger partial charge on any atom is -0.478 e. The Morgan fingerprint density at radius 2 is 1.57 bits per heavy atom. The third kappa shape index (κ3) is 3.74. The van der Waals surface area contributed by atoms with Gasteiger partial charge in [0, 0.05) is 24.1 Å². The molecule has 0 unspecified atom stereocenters. The summed E-state index contributed by atoms with van der Waals surface area (Å²) in [7, 11) is 0. The molecule has 0 atom stereocenters. The smallest absolute Gasteiger partial charge is 0.336 e. The van der Waals surface area contributed by atoms with Crippen molar-refractivity contribution in [3.05, 3.63) is 101 Å². The second-order valence-corrected chi connectivity index (χ2v) is 7.23. The van der Waals surface area contributed by atoms with E-state index in [1.54, 1.807) is 30.3 Å². The highest BCUT2D eigenvalue weighted by Crippen LogP contribution is 2.20. The highest BCUT2D eigenvalue weighted by molar-refractivity contribution is 6.14. The van der Waals surface area contributed by atoms with Crippen molar-refractivity contribution >= 4 is 22.8 Å². The van der Waals surface area contributed by atoms with E-state index in [-0.39, 0.29) is 16.9 Å². The fraction of sp³-hybridized carbons (Fsp3) is 0.160. The Hall–Kier alpha value is -3.73. The van der Waals surface area contributed by atoms with Crippen LogP contribution in [0.15, 0.2) is 72.8 Å². The number of carboxylic acid groups (broad SMARTS) is 1. The second kappa shape index (κ2) is 8.33. The number of aryl methyl sites for hydroxylation is 1. The number of rotatable bonds is 7. The molecule has 0 saturated carbocycles. The summed E-state index contributed by atoms with van der Waals surface area (Å²) in [5.41, 5.74) is 3.81. The first-order chi connectivity index (χ1) is 14.6. The summed E-state index contributed by atoms with van der Waals surface area (Å²) in [6.07, 6.45) is 1.91. The van der Waals surface area contributed by atoms with Gasteiger partial charge >= 0.3 is 5.97 Å². The van der Waals surface area contributed by atoms with Gasteiger partial charge in [-0.2, -0.15) is 0 Å². The van der Waals surface area contributed by atoms with Gasteiger partial charge in [-0.25, -0.2) is 9.78 Å². The first kappa shape index (κ1) is 19.6. The number of aromatic nitrogens is 2. The molecule has 5 heteroatoms. The number of para-hydroxylation sites is 2. The lowest BCUT2D eigenvalue weighted by molar-refractivity contribution is 0.0693. The normalized spacial score (nSPS) is 11.0. The largest absolute Gasteiger partial charge is 0.478 e. The molecule has 5 nitrogen and oxygen atoms in total. The molecule has 1 aromatic heterocycles. The first-order valence-corrected chi connectivity index (χ1v) is 9.98. The minimum absolute atomic E-state index is 0.0145. The summed E-state index contributed by atoms with van der Waals surface area (Å²) < 4.78 is 2.22. The number of carbonyl (C=O) groups excluding carboxylic acids is 1. The number of ketones is 1. The SMILES string of the molecule is CCCc1nc2ccccc2n1Cc1ccc(C(=O)c2ccccc2C(=O)O)cc1. The van der Waals surface area contributed by atoms with E-state index in [1.165, 1.54) is 6.07 Å². The molecule has 1 heterocycles. The van der Waals surface area contributed by atoms with Crippen molar-refractivity contribution in [1.29, 1.82) is 0 Å². The number of carboxylic acids is 1. The third-order valence-electron chi connectivity index (χ3n) is 5.17. The standard InChI is InChI=1S/C25H22N2O3/c1-2-7-23-26-21-10-5-6-11-22(21)27(23)16-17-12-14-18(15-13-17)24(28)19-8-3-4-9-20(19)25(29)30/h3-6,8-15H,2,7,16H2,1H3,(H,29,30). The number of carbonyl (C=O) groups is 2. The second-order valence-electron chi connectivity index (χ2n) is 7.23. The topological polar surface area (TPSA) is 72.2 Å². The van der Waals surface area contributed by atoms with E-state index < -0.39 is 5.97 Å². The fourth-order valence-corrected chi connectivity index (χ4v) is 3.68. The Morgan fingerprint density at radius 1 is 0.900 bits per heavy atom. The first-order valence-electron chi connectivity index (χ1n) is 9.98. The third-order valence-corrected chi connectivity index (χ3v) is 5.17. The maximum Gasteiger partial charge on any atom is 0.336 e. The van der Waals surface area contributed by atoms with E-state index in [4.69, 9.17) is 4.98 Å². The molecule has 3 aromatic carbocycles. The molecule has 0 fully saturated rings. The lowest BCUT2D eigenvalue weighted by Gasteiger charge is -2.10. The Kier molecular flexibility index (Phi) is 5.44. The molecule has 150 valence electrons. The Balaban J connectivity index is 1.63. The van der Waals surface area contributed by atoms with Crippen LogP contribution in [-0.2, 0) is 13.0 Å². The molecule has 0 saturated heterocycles. The summed E-state index contributed by atoms with van der Waals surface area (Å²) >= 11 is 0. The summed E-state index contributed by atoms with van der Waals surface area (Å²) in [4.78, 5) is 29.0. The Morgan fingerprint density at radius 3 is 2.27 bits per heavy atom. The monoisotopic (exact) mass is 398 g/mol. The van der Waals surface area contributed by atoms with Crippen molar-refractivity contribution in [2.24, 2.45) is 0 Å². The number of fused-ring (bicyclic) bond motifs is 1. The van der Waals surface area contributed by atoms with Crippen LogP contribution in [0.25, 0.3) is 11.0 Å². The molecule has 0 spiro atoms. The van der Waals surface area contributed by atoms with Gasteiger partial charge < -0.3 is 9.67 Å². The molecular weight excluding hydrogens is 376 g/mol. The molecule has 0 bridgehead atoms. The molecule has 0 aliphatic carbocycles. The molecule has 4 rings (SSSR count). The van der Waals surface area contributed by atoms with Crippen molar-refractivity contribution in [2.75, 3.05) is 0 Å². The van der Waals surface area contributed by atoms with Gasteiger partial charge in [0.05, 0.1) is 16.6 Å². The number of hydrogen-bond acceptors (Lipinski definition) is 3. The van der Waals surface area contributed by atoms with Crippen LogP contribution in [0, 0.1) is 0 Å². The van der Waals surface area contributed by atoms with Gasteiger partial charge in [-0.1, -0.05) is 61.5 Å². The lowest BCUT2D eigenvalue weighted by atomic mass is 9.97. The van der Waals surface area contributed by atoms with Crippen LogP contribution in [0.3, 0.4) is 0 Å². The summed E-state index contributed by atoms with van der Waals surface area (Å²) in [6, 6.07) is 21.7. The quantitative estimate of drug-likeness (QED) is 0.446. The average Bonchev–Trinajstić information content (AvgIpc) is 3.11. The van der Waals surface area contributed by atoms with Gasteiger partial charge in [0.1, 0.15) is 5.82 Å². The number of nitrogens with zero attached hydrogens (tertiary/aromatic N) is 2. The predicted molar refractivity (Wildman–Crippen MR) is 116 cm³/mol. The molecular formula is C25H22N2O3. The van der Waals surface area contributed by atoms with E-state index in [2.05, 4.69) is 17.6 Å². The summed E-state index contributed by atoms with van der Waals surface area (Å²) in [5, 5.41) is 9.34. The zero-order chi connectivity index (χ0) is 21.1. The van der Waals surface area contributed by atoms with Gasteiger partial charge in [-0.15, -0.1) is 0 Å². The van der Waals surface area contributed by atoms with Crippen LogP contribution in [-0.4, -0.2) is 26.4 Å². The van der Waals surface area contributed by atoms with Crippen LogP contribution in [0.1, 0.15) is 51.0 Å². The maximum atomic E-state index is 12.8. The minimum atomic E-state index is -1.11. The zero-order valence-corrected chi connectivity index (χ0v) is 16.7. The number of benzene rings is 3. The lowest BCUT2D eigenvalue weighted by Crippen LogP contribution is -2.10. The van der Waals surface area contributed by atoms with E-state index in [0.29, 0.717) is 12.1 Å². The highest BCUT2D eigenvalue weighted by Gasteiger charge is 2.17. The van der Waals surface area contributed by atoms with Gasteiger partial charge in [-0.05, 0) is 30.2 Å². The van der Waals surface area contributed by atoms with Crippen molar-refractivity contribution < 1.29 is 14.7 Å². The number of aromatic carboxylic acids is 1. The van der Waals surface area contributed by atoms with E-state index in [1.807, 2.05) is 30.3 Å². The van der Waals surface area contributed by atoms with Crippen LogP contribution in [0.5, 0.6) is 0 Å². The Labute approximate surface area is 174 Å². The van der Waals surface area contributed by atoms with Crippen LogP contribution in [0.4, 0.5) is 0 Å². The molecule has 0 amide bonds. The van der Waals surface area contributed by atoms with E-state index in [0.717, 1.165) is 35.3 Å². The fourth-order valence-electron chi connectivity index (χ4n) is 3.68. The van der Waals surface area contributed by atoms with Crippen molar-refractivity contribution in [2.45, 2.75) is 26.3 Å². The van der Waals surface area contributed by atoms with E-state index >= 15 is 0 Å². The van der Waals surface area contributed by atoms with Gasteiger partial charge in [0.15, 0.2) is 5.78 Å². The molecule has 0 radical (unpaired) electrons. The van der Waals surface area contributed by atoms with Gasteiger partial charge in [0.2, 0.25) is 0 Å². The number of hydrogen-bond donors (Lipinski definition) is 1. The average molecular weight is 398 g/mol. The van der Waals surface area contributed by atoms with Crippen LogP contribution >= 0.6 is 0 Å². The van der Waals surface area contributed by atoms with Crippen LogP contribution < -0.4 is 0 Å². The van der Waals surface area contributed by atoms with Crippen molar-refractivity contribution in [3.63, 3.8) is 0 Å².